The summed E-state index contributed by atoms with van der Waals surface area (Å²) in [5, 5.41) is 15.4. The molecular weight excluding hydrogens is 268 g/mol. The summed E-state index contributed by atoms with van der Waals surface area (Å²) in [4.78, 5) is 24.0. The first-order chi connectivity index (χ1) is 9.86. The van der Waals surface area contributed by atoms with Crippen molar-refractivity contribution >= 4 is 12.0 Å². The van der Waals surface area contributed by atoms with Gasteiger partial charge in [0.2, 0.25) is 0 Å². The predicted octanol–water partition coefficient (Wildman–Crippen LogP) is 3.04. The van der Waals surface area contributed by atoms with Crippen LogP contribution in [0.3, 0.4) is 0 Å². The number of hydrogen-bond donors (Lipinski definition) is 3. The molecule has 3 N–H and O–H groups in total. The number of rotatable bonds is 3. The summed E-state index contributed by atoms with van der Waals surface area (Å²) in [7, 11) is 0. The predicted molar refractivity (Wildman–Crippen MR) is 81.2 cm³/mol. The molecule has 1 unspecified atom stereocenters. The first kappa shape index (κ1) is 16.1. The van der Waals surface area contributed by atoms with Gasteiger partial charge in [0.15, 0.2) is 0 Å². The number of aliphatic carboxylic acids is 1. The number of hydrogen-bond acceptors (Lipinski definition) is 2. The van der Waals surface area contributed by atoms with Crippen molar-refractivity contribution in [3.05, 3.63) is 0 Å². The van der Waals surface area contributed by atoms with E-state index in [1.54, 1.807) is 0 Å². The summed E-state index contributed by atoms with van der Waals surface area (Å²) in [5.41, 5.74) is -0.986. The Morgan fingerprint density at radius 2 is 1.62 bits per heavy atom. The smallest absolute Gasteiger partial charge is 0.329 e. The lowest BCUT2D eigenvalue weighted by atomic mass is 9.87. The zero-order valence-electron chi connectivity index (χ0n) is 13.2. The van der Waals surface area contributed by atoms with Crippen LogP contribution in [0.2, 0.25) is 0 Å². The molecule has 0 aliphatic heterocycles. The third kappa shape index (κ3) is 3.69. The minimum Gasteiger partial charge on any atom is -0.480 e. The molecule has 0 aromatic rings. The second-order valence-electron chi connectivity index (χ2n) is 7.33. The Morgan fingerprint density at radius 1 is 1.00 bits per heavy atom. The number of carbonyl (C=O) groups excluding carboxylic acids is 1. The highest BCUT2D eigenvalue weighted by Gasteiger charge is 2.41. The maximum absolute atomic E-state index is 12.3. The summed E-state index contributed by atoms with van der Waals surface area (Å²) >= 11 is 0. The minimum absolute atomic E-state index is 0.0944. The highest BCUT2D eigenvalue weighted by atomic mass is 16.4. The van der Waals surface area contributed by atoms with E-state index in [-0.39, 0.29) is 17.5 Å². The van der Waals surface area contributed by atoms with Crippen LogP contribution in [0.4, 0.5) is 4.79 Å². The third-order valence-corrected chi connectivity index (χ3v) is 5.28. The standard InChI is InChI=1S/C16H28N2O3/c1-15(2)9-7-8-12(15)17-14(21)18-16(13(19)20)10-5-3-4-6-11-16/h12H,3-11H2,1-2H3,(H,19,20)(H2,17,18,21). The molecule has 0 heterocycles. The van der Waals surface area contributed by atoms with Gasteiger partial charge in [-0.2, -0.15) is 0 Å². The lowest BCUT2D eigenvalue weighted by Crippen LogP contribution is -2.59. The molecule has 2 amide bonds. The lowest BCUT2D eigenvalue weighted by Gasteiger charge is -2.32. The Hall–Kier alpha value is -1.26. The molecule has 21 heavy (non-hydrogen) atoms. The number of nitrogens with one attached hydrogen (secondary N) is 2. The van der Waals surface area contributed by atoms with Gasteiger partial charge in [0.05, 0.1) is 0 Å². The van der Waals surface area contributed by atoms with Crippen LogP contribution < -0.4 is 10.6 Å². The second kappa shape index (κ2) is 6.24. The highest BCUT2D eigenvalue weighted by Crippen LogP contribution is 2.37. The van der Waals surface area contributed by atoms with Gasteiger partial charge in [-0.05, 0) is 31.1 Å². The minimum atomic E-state index is -1.08. The molecule has 2 rings (SSSR count). The van der Waals surface area contributed by atoms with Gasteiger partial charge in [0.1, 0.15) is 5.54 Å². The Morgan fingerprint density at radius 3 is 2.10 bits per heavy atom. The Labute approximate surface area is 126 Å². The van der Waals surface area contributed by atoms with Crippen molar-refractivity contribution in [3.8, 4) is 0 Å². The van der Waals surface area contributed by atoms with Crippen molar-refractivity contribution < 1.29 is 14.7 Å². The van der Waals surface area contributed by atoms with Crippen molar-refractivity contribution in [2.24, 2.45) is 5.41 Å². The molecule has 120 valence electrons. The molecule has 2 aliphatic rings. The van der Waals surface area contributed by atoms with E-state index < -0.39 is 11.5 Å². The molecule has 1 atom stereocenters. The Bertz CT molecular complexity index is 398. The van der Waals surface area contributed by atoms with Crippen LogP contribution in [0.15, 0.2) is 0 Å². The molecule has 0 saturated heterocycles. The fourth-order valence-corrected chi connectivity index (χ4v) is 3.73. The molecule has 0 aromatic heterocycles. The summed E-state index contributed by atoms with van der Waals surface area (Å²) in [6.07, 6.45) is 8.07. The van der Waals surface area contributed by atoms with E-state index in [9.17, 15) is 14.7 Å². The van der Waals surface area contributed by atoms with Crippen LogP contribution >= 0.6 is 0 Å². The monoisotopic (exact) mass is 296 g/mol. The maximum Gasteiger partial charge on any atom is 0.329 e. The number of carbonyl (C=O) groups is 2. The topological polar surface area (TPSA) is 78.4 Å². The van der Waals surface area contributed by atoms with Gasteiger partial charge in [0.25, 0.3) is 0 Å². The largest absolute Gasteiger partial charge is 0.480 e. The van der Waals surface area contributed by atoms with E-state index in [1.807, 2.05) is 0 Å². The molecule has 0 spiro atoms. The quantitative estimate of drug-likeness (QED) is 0.700. The van der Waals surface area contributed by atoms with Crippen LogP contribution in [0.5, 0.6) is 0 Å². The Balaban J connectivity index is 2.00. The Kier molecular flexibility index (Phi) is 4.79. The van der Waals surface area contributed by atoms with Crippen molar-refractivity contribution in [3.63, 3.8) is 0 Å². The van der Waals surface area contributed by atoms with Crippen LogP contribution in [0.25, 0.3) is 0 Å². The van der Waals surface area contributed by atoms with Gasteiger partial charge in [-0.3, -0.25) is 0 Å². The normalized spacial score (nSPS) is 27.6. The van der Waals surface area contributed by atoms with Gasteiger partial charge in [0, 0.05) is 6.04 Å². The van der Waals surface area contributed by atoms with E-state index in [1.165, 1.54) is 0 Å². The number of urea groups is 1. The third-order valence-electron chi connectivity index (χ3n) is 5.28. The molecule has 5 heteroatoms. The molecule has 5 nitrogen and oxygen atoms in total. The van der Waals surface area contributed by atoms with Crippen LogP contribution in [0.1, 0.15) is 71.6 Å². The van der Waals surface area contributed by atoms with Crippen molar-refractivity contribution in [1.82, 2.24) is 10.6 Å². The van der Waals surface area contributed by atoms with E-state index in [4.69, 9.17) is 0 Å². The van der Waals surface area contributed by atoms with Gasteiger partial charge >= 0.3 is 12.0 Å². The number of amides is 2. The molecule has 0 radical (unpaired) electrons. The highest BCUT2D eigenvalue weighted by molar-refractivity contribution is 5.86. The van der Waals surface area contributed by atoms with Gasteiger partial charge < -0.3 is 15.7 Å². The van der Waals surface area contributed by atoms with Gasteiger partial charge in [-0.15, -0.1) is 0 Å². The van der Waals surface area contributed by atoms with Crippen LogP contribution in [-0.2, 0) is 4.79 Å². The number of carboxylic acids is 1. The first-order valence-electron chi connectivity index (χ1n) is 8.18. The fourth-order valence-electron chi connectivity index (χ4n) is 3.73. The van der Waals surface area contributed by atoms with E-state index in [0.29, 0.717) is 12.8 Å². The zero-order valence-corrected chi connectivity index (χ0v) is 13.2. The van der Waals surface area contributed by atoms with Gasteiger partial charge in [-0.25, -0.2) is 9.59 Å². The van der Waals surface area contributed by atoms with Crippen molar-refractivity contribution in [1.29, 1.82) is 0 Å². The maximum atomic E-state index is 12.3. The summed E-state index contributed by atoms with van der Waals surface area (Å²) in [5.74, 6) is -0.898. The van der Waals surface area contributed by atoms with Crippen LogP contribution in [-0.4, -0.2) is 28.7 Å². The molecule has 2 aliphatic carbocycles. The first-order valence-corrected chi connectivity index (χ1v) is 8.18. The zero-order chi connectivity index (χ0) is 15.5. The molecule has 2 saturated carbocycles. The van der Waals surface area contributed by atoms with Crippen LogP contribution in [0, 0.1) is 5.41 Å². The van der Waals surface area contributed by atoms with E-state index in [0.717, 1.165) is 44.9 Å². The number of carboxylic acid groups (broad SMARTS) is 1. The second-order valence-corrected chi connectivity index (χ2v) is 7.33. The molecule has 0 aromatic carbocycles. The summed E-state index contributed by atoms with van der Waals surface area (Å²) in [6.45, 7) is 4.31. The average molecular weight is 296 g/mol. The molecule has 2 fully saturated rings. The lowest BCUT2D eigenvalue weighted by molar-refractivity contribution is -0.145. The molecule has 0 bridgehead atoms. The fraction of sp³-hybridized carbons (Fsp3) is 0.875. The van der Waals surface area contributed by atoms with Crippen molar-refractivity contribution in [2.45, 2.75) is 83.2 Å². The summed E-state index contributed by atoms with van der Waals surface area (Å²) < 4.78 is 0. The van der Waals surface area contributed by atoms with E-state index >= 15 is 0 Å². The van der Waals surface area contributed by atoms with Crippen molar-refractivity contribution in [2.75, 3.05) is 0 Å². The summed E-state index contributed by atoms with van der Waals surface area (Å²) in [6, 6.07) is -0.187. The van der Waals surface area contributed by atoms with E-state index in [2.05, 4.69) is 24.5 Å². The van der Waals surface area contributed by atoms with Gasteiger partial charge in [-0.1, -0.05) is 46.0 Å². The SMILES string of the molecule is CC1(C)CCCC1NC(=O)NC1(C(=O)O)CCCCCC1. The molecular formula is C16H28N2O3. The average Bonchev–Trinajstić information content (AvgIpc) is 2.62.